The summed E-state index contributed by atoms with van der Waals surface area (Å²) in [4.78, 5) is 19.5. The van der Waals surface area contributed by atoms with Crippen LogP contribution in [0, 0.1) is 5.92 Å². The topological polar surface area (TPSA) is 54.5 Å². The van der Waals surface area contributed by atoms with Crippen LogP contribution in [0.25, 0.3) is 0 Å². The minimum absolute atomic E-state index is 0.137. The third kappa shape index (κ3) is 4.83. The number of amides is 1. The Balaban J connectivity index is 1.74. The Morgan fingerprint density at radius 2 is 2.15 bits per heavy atom. The van der Waals surface area contributed by atoms with Gasteiger partial charge >= 0.3 is 0 Å². The van der Waals surface area contributed by atoms with Gasteiger partial charge < -0.3 is 15.0 Å². The molecule has 1 atom stereocenters. The molecule has 1 unspecified atom stereocenters. The van der Waals surface area contributed by atoms with E-state index in [4.69, 9.17) is 4.74 Å². The van der Waals surface area contributed by atoms with E-state index in [-0.39, 0.29) is 5.91 Å². The van der Waals surface area contributed by atoms with Gasteiger partial charge in [-0.25, -0.2) is 4.98 Å². The molecule has 0 saturated carbocycles. The fraction of sp³-hybridized carbons (Fsp3) is 0.400. The van der Waals surface area contributed by atoms with E-state index < -0.39 is 0 Å². The standard InChI is InChI=1S/C20H24BrN3O2/c1-2-26-14-15-5-4-12-24(13-15)19-18(6-3-11-22-19)20(25)23-17-9-7-16(21)8-10-17/h3,6-11,15H,2,4-5,12-14H2,1H3,(H,23,25). The molecule has 1 aromatic carbocycles. The highest BCUT2D eigenvalue weighted by molar-refractivity contribution is 9.10. The Bertz CT molecular complexity index is 736. The van der Waals surface area contributed by atoms with E-state index in [1.165, 1.54) is 0 Å². The van der Waals surface area contributed by atoms with Crippen LogP contribution < -0.4 is 10.2 Å². The van der Waals surface area contributed by atoms with E-state index in [1.54, 1.807) is 6.20 Å². The van der Waals surface area contributed by atoms with E-state index in [0.29, 0.717) is 11.5 Å². The van der Waals surface area contributed by atoms with Crippen LogP contribution in [0.5, 0.6) is 0 Å². The van der Waals surface area contributed by atoms with Crippen LogP contribution in [-0.4, -0.2) is 37.2 Å². The number of aromatic nitrogens is 1. The summed E-state index contributed by atoms with van der Waals surface area (Å²) in [5.41, 5.74) is 1.37. The monoisotopic (exact) mass is 417 g/mol. The maximum atomic E-state index is 12.8. The fourth-order valence-electron chi connectivity index (χ4n) is 3.24. The van der Waals surface area contributed by atoms with Gasteiger partial charge in [0.25, 0.3) is 5.91 Å². The van der Waals surface area contributed by atoms with E-state index >= 15 is 0 Å². The predicted octanol–water partition coefficient (Wildman–Crippen LogP) is 4.35. The first-order chi connectivity index (χ1) is 12.7. The number of benzene rings is 1. The van der Waals surface area contributed by atoms with Crippen LogP contribution in [0.2, 0.25) is 0 Å². The summed E-state index contributed by atoms with van der Waals surface area (Å²) in [5, 5.41) is 2.96. The number of nitrogens with one attached hydrogen (secondary N) is 1. The van der Waals surface area contributed by atoms with Gasteiger partial charge in [0.2, 0.25) is 0 Å². The smallest absolute Gasteiger partial charge is 0.259 e. The number of pyridine rings is 1. The SMILES string of the molecule is CCOCC1CCCN(c2ncccc2C(=O)Nc2ccc(Br)cc2)C1. The summed E-state index contributed by atoms with van der Waals surface area (Å²) in [5.74, 6) is 1.10. The Morgan fingerprint density at radius 3 is 2.92 bits per heavy atom. The van der Waals surface area contributed by atoms with Crippen molar-refractivity contribution in [1.29, 1.82) is 0 Å². The molecule has 2 heterocycles. The maximum Gasteiger partial charge on any atom is 0.259 e. The van der Waals surface area contributed by atoms with Gasteiger partial charge in [0.1, 0.15) is 5.82 Å². The minimum Gasteiger partial charge on any atom is -0.381 e. The normalized spacial score (nSPS) is 17.2. The quantitative estimate of drug-likeness (QED) is 0.758. The van der Waals surface area contributed by atoms with Gasteiger partial charge in [-0.2, -0.15) is 0 Å². The lowest BCUT2D eigenvalue weighted by atomic mass is 9.98. The summed E-state index contributed by atoms with van der Waals surface area (Å²) < 4.78 is 6.57. The van der Waals surface area contributed by atoms with Crippen molar-refractivity contribution in [3.05, 3.63) is 52.6 Å². The van der Waals surface area contributed by atoms with Crippen molar-refractivity contribution in [1.82, 2.24) is 4.98 Å². The Morgan fingerprint density at radius 1 is 1.35 bits per heavy atom. The molecule has 5 nitrogen and oxygen atoms in total. The van der Waals surface area contributed by atoms with E-state index in [0.717, 1.165) is 55.1 Å². The van der Waals surface area contributed by atoms with E-state index in [9.17, 15) is 4.79 Å². The molecule has 3 rings (SSSR count). The van der Waals surface area contributed by atoms with Crippen molar-refractivity contribution in [2.24, 2.45) is 5.92 Å². The second kappa shape index (κ2) is 9.14. The lowest BCUT2D eigenvalue weighted by Crippen LogP contribution is -2.38. The van der Waals surface area contributed by atoms with Gasteiger partial charge in [0.05, 0.1) is 12.2 Å². The molecule has 1 N–H and O–H groups in total. The first-order valence-corrected chi connectivity index (χ1v) is 9.81. The lowest BCUT2D eigenvalue weighted by Gasteiger charge is -2.34. The molecule has 1 aromatic heterocycles. The van der Waals surface area contributed by atoms with Crippen LogP contribution >= 0.6 is 15.9 Å². The Hall–Kier alpha value is -1.92. The van der Waals surface area contributed by atoms with Crippen molar-refractivity contribution in [2.45, 2.75) is 19.8 Å². The van der Waals surface area contributed by atoms with Crippen LogP contribution in [0.3, 0.4) is 0 Å². The van der Waals surface area contributed by atoms with Gasteiger partial charge in [-0.3, -0.25) is 4.79 Å². The molecular weight excluding hydrogens is 394 g/mol. The number of carbonyl (C=O) groups excluding carboxylic acids is 1. The number of hydrogen-bond donors (Lipinski definition) is 1. The minimum atomic E-state index is -0.137. The number of nitrogens with zero attached hydrogens (tertiary/aromatic N) is 2. The summed E-state index contributed by atoms with van der Waals surface area (Å²) in [6.07, 6.45) is 3.99. The van der Waals surface area contributed by atoms with Gasteiger partial charge in [0.15, 0.2) is 0 Å². The summed E-state index contributed by atoms with van der Waals surface area (Å²) >= 11 is 3.40. The predicted molar refractivity (Wildman–Crippen MR) is 108 cm³/mol. The first-order valence-electron chi connectivity index (χ1n) is 9.02. The molecule has 0 spiro atoms. The third-order valence-corrected chi connectivity index (χ3v) is 5.04. The molecule has 26 heavy (non-hydrogen) atoms. The summed E-state index contributed by atoms with van der Waals surface area (Å²) in [7, 11) is 0. The molecular formula is C20H24BrN3O2. The maximum absolute atomic E-state index is 12.8. The fourth-order valence-corrected chi connectivity index (χ4v) is 3.50. The molecule has 1 aliphatic heterocycles. The Labute approximate surface area is 162 Å². The molecule has 1 fully saturated rings. The van der Waals surface area contributed by atoms with E-state index in [1.807, 2.05) is 43.3 Å². The lowest BCUT2D eigenvalue weighted by molar-refractivity contribution is 0.102. The van der Waals surface area contributed by atoms with Gasteiger partial charge in [-0.1, -0.05) is 15.9 Å². The second-order valence-corrected chi connectivity index (χ2v) is 7.36. The molecule has 1 amide bonds. The largest absolute Gasteiger partial charge is 0.381 e. The molecule has 0 radical (unpaired) electrons. The van der Waals surface area contributed by atoms with Crippen LogP contribution in [-0.2, 0) is 4.74 Å². The van der Waals surface area contributed by atoms with Crippen molar-refractivity contribution in [2.75, 3.05) is 36.5 Å². The number of carbonyl (C=O) groups is 1. The highest BCUT2D eigenvalue weighted by atomic mass is 79.9. The number of hydrogen-bond acceptors (Lipinski definition) is 4. The van der Waals surface area contributed by atoms with Crippen LogP contribution in [0.15, 0.2) is 47.1 Å². The van der Waals surface area contributed by atoms with Crippen molar-refractivity contribution < 1.29 is 9.53 Å². The molecule has 6 heteroatoms. The average molecular weight is 418 g/mol. The van der Waals surface area contributed by atoms with Gasteiger partial charge in [-0.15, -0.1) is 0 Å². The van der Waals surface area contributed by atoms with Crippen LogP contribution in [0.1, 0.15) is 30.1 Å². The van der Waals surface area contributed by atoms with Crippen LogP contribution in [0.4, 0.5) is 11.5 Å². The van der Waals surface area contributed by atoms with Crippen molar-refractivity contribution in [3.63, 3.8) is 0 Å². The zero-order valence-corrected chi connectivity index (χ0v) is 16.5. The summed E-state index contributed by atoms with van der Waals surface area (Å²) in [6, 6.07) is 11.2. The highest BCUT2D eigenvalue weighted by Crippen LogP contribution is 2.25. The number of anilines is 2. The second-order valence-electron chi connectivity index (χ2n) is 6.45. The molecule has 1 aliphatic rings. The number of halogens is 1. The molecule has 0 aliphatic carbocycles. The summed E-state index contributed by atoms with van der Waals surface area (Å²) in [6.45, 7) is 5.30. The molecule has 2 aromatic rings. The van der Waals surface area contributed by atoms with Gasteiger partial charge in [0, 0.05) is 36.1 Å². The zero-order chi connectivity index (χ0) is 18.4. The highest BCUT2D eigenvalue weighted by Gasteiger charge is 2.24. The number of piperidine rings is 1. The van der Waals surface area contributed by atoms with Gasteiger partial charge in [-0.05, 0) is 62.1 Å². The first kappa shape index (κ1) is 18.9. The van der Waals surface area contributed by atoms with Crippen molar-refractivity contribution in [3.8, 4) is 0 Å². The zero-order valence-electron chi connectivity index (χ0n) is 15.0. The molecule has 1 saturated heterocycles. The average Bonchev–Trinajstić information content (AvgIpc) is 2.68. The third-order valence-electron chi connectivity index (χ3n) is 4.51. The van der Waals surface area contributed by atoms with E-state index in [2.05, 4.69) is 31.1 Å². The number of ether oxygens (including phenoxy) is 1. The van der Waals surface area contributed by atoms with Crippen molar-refractivity contribution >= 4 is 33.3 Å². The molecule has 0 bridgehead atoms. The molecule has 138 valence electrons. The number of rotatable bonds is 6. The Kier molecular flexibility index (Phi) is 6.63.